The standard InChI is InChI=1S/C15H19N5O2.2ClH/c16-8-12-3-4-13(22-12)15(21)19-9-11-2-1-5-18-14(11)20-7-6-17-10-20;;/h1-2,5-7,10,12-13H,3-4,8-9,16H2,(H,19,21);2*1H/t12-,13+;;/m1../s1. The van der Waals surface area contributed by atoms with Crippen LogP contribution in [0.25, 0.3) is 5.82 Å². The van der Waals surface area contributed by atoms with Crippen molar-refractivity contribution in [3.63, 3.8) is 0 Å². The average molecular weight is 374 g/mol. The first-order valence-electron chi connectivity index (χ1n) is 7.33. The van der Waals surface area contributed by atoms with Crippen molar-refractivity contribution in [1.82, 2.24) is 19.9 Å². The second kappa shape index (κ2) is 9.58. The number of halogens is 2. The lowest BCUT2D eigenvalue weighted by Gasteiger charge is -2.14. The van der Waals surface area contributed by atoms with Crippen LogP contribution in [0, 0.1) is 0 Å². The van der Waals surface area contributed by atoms with Crippen molar-refractivity contribution in [2.45, 2.75) is 31.6 Å². The maximum atomic E-state index is 12.2. The first kappa shape index (κ1) is 20.4. The first-order chi connectivity index (χ1) is 10.8. The number of nitrogens with two attached hydrogens (primary N) is 1. The second-order valence-electron chi connectivity index (χ2n) is 5.23. The van der Waals surface area contributed by atoms with Crippen molar-refractivity contribution in [1.29, 1.82) is 0 Å². The summed E-state index contributed by atoms with van der Waals surface area (Å²) in [5, 5.41) is 2.91. The average Bonchev–Trinajstić information content (AvgIpc) is 3.24. The van der Waals surface area contributed by atoms with Gasteiger partial charge in [-0.25, -0.2) is 9.97 Å². The molecule has 0 radical (unpaired) electrons. The highest BCUT2D eigenvalue weighted by Gasteiger charge is 2.29. The molecule has 2 aromatic heterocycles. The molecule has 1 amide bonds. The molecule has 24 heavy (non-hydrogen) atoms. The smallest absolute Gasteiger partial charge is 0.249 e. The molecule has 2 aromatic rings. The zero-order valence-electron chi connectivity index (χ0n) is 13.0. The Morgan fingerprint density at radius 1 is 1.38 bits per heavy atom. The number of imidazole rings is 1. The van der Waals surface area contributed by atoms with Gasteiger partial charge in [0.05, 0.1) is 6.10 Å². The van der Waals surface area contributed by atoms with E-state index in [1.807, 2.05) is 22.9 Å². The Kier molecular flexibility index (Phi) is 8.14. The number of pyridine rings is 1. The van der Waals surface area contributed by atoms with E-state index in [9.17, 15) is 4.79 Å². The van der Waals surface area contributed by atoms with Gasteiger partial charge in [-0.1, -0.05) is 6.07 Å². The van der Waals surface area contributed by atoms with Gasteiger partial charge in [0.1, 0.15) is 18.2 Å². The van der Waals surface area contributed by atoms with Gasteiger partial charge in [-0.15, -0.1) is 24.8 Å². The number of hydrogen-bond acceptors (Lipinski definition) is 5. The molecule has 1 saturated heterocycles. The highest BCUT2D eigenvalue weighted by molar-refractivity contribution is 5.85. The van der Waals surface area contributed by atoms with Crippen LogP contribution in [0.3, 0.4) is 0 Å². The maximum absolute atomic E-state index is 12.2. The quantitative estimate of drug-likeness (QED) is 0.821. The minimum atomic E-state index is -0.401. The summed E-state index contributed by atoms with van der Waals surface area (Å²) in [7, 11) is 0. The largest absolute Gasteiger partial charge is 0.364 e. The number of nitrogens with one attached hydrogen (secondary N) is 1. The molecule has 0 aromatic carbocycles. The van der Waals surface area contributed by atoms with E-state index in [4.69, 9.17) is 10.5 Å². The number of carbonyl (C=O) groups excluding carboxylic acids is 1. The third kappa shape index (κ3) is 4.67. The molecule has 132 valence electrons. The molecule has 0 bridgehead atoms. The van der Waals surface area contributed by atoms with Crippen LogP contribution in [-0.4, -0.2) is 39.2 Å². The molecule has 3 N–H and O–H groups in total. The lowest BCUT2D eigenvalue weighted by Crippen LogP contribution is -2.35. The third-order valence-electron chi connectivity index (χ3n) is 3.73. The number of amides is 1. The normalized spacial score (nSPS) is 19.2. The Labute approximate surface area is 152 Å². The molecule has 7 nitrogen and oxygen atoms in total. The van der Waals surface area contributed by atoms with E-state index >= 15 is 0 Å². The molecule has 1 fully saturated rings. The minimum absolute atomic E-state index is 0. The van der Waals surface area contributed by atoms with Crippen LogP contribution < -0.4 is 11.1 Å². The predicted molar refractivity (Wildman–Crippen MR) is 94.7 cm³/mol. The number of rotatable bonds is 5. The summed E-state index contributed by atoms with van der Waals surface area (Å²) in [5.41, 5.74) is 6.48. The van der Waals surface area contributed by atoms with E-state index in [1.54, 1.807) is 18.7 Å². The van der Waals surface area contributed by atoms with Crippen LogP contribution in [-0.2, 0) is 16.1 Å². The summed E-state index contributed by atoms with van der Waals surface area (Å²) >= 11 is 0. The lowest BCUT2D eigenvalue weighted by molar-refractivity contribution is -0.132. The van der Waals surface area contributed by atoms with Crippen molar-refractivity contribution in [2.24, 2.45) is 5.73 Å². The van der Waals surface area contributed by atoms with Gasteiger partial charge >= 0.3 is 0 Å². The van der Waals surface area contributed by atoms with E-state index in [1.165, 1.54) is 0 Å². The van der Waals surface area contributed by atoms with E-state index in [0.717, 1.165) is 24.2 Å². The van der Waals surface area contributed by atoms with Crippen molar-refractivity contribution in [3.8, 4) is 5.82 Å². The fraction of sp³-hybridized carbons (Fsp3) is 0.400. The predicted octanol–water partition coefficient (Wildman–Crippen LogP) is 1.23. The fourth-order valence-corrected chi connectivity index (χ4v) is 2.55. The molecule has 3 heterocycles. The number of nitrogens with zero attached hydrogens (tertiary/aromatic N) is 3. The molecular weight excluding hydrogens is 353 g/mol. The van der Waals surface area contributed by atoms with Gasteiger partial charge < -0.3 is 15.8 Å². The van der Waals surface area contributed by atoms with E-state index in [0.29, 0.717) is 13.1 Å². The van der Waals surface area contributed by atoms with Gasteiger partial charge in [-0.2, -0.15) is 0 Å². The van der Waals surface area contributed by atoms with Gasteiger partial charge in [0.2, 0.25) is 5.91 Å². The van der Waals surface area contributed by atoms with E-state index in [-0.39, 0.29) is 36.8 Å². The second-order valence-corrected chi connectivity index (χ2v) is 5.23. The number of hydrogen-bond donors (Lipinski definition) is 2. The Bertz CT molecular complexity index is 639. The molecule has 1 aliphatic heterocycles. The monoisotopic (exact) mass is 373 g/mol. The Morgan fingerprint density at radius 2 is 2.21 bits per heavy atom. The molecule has 9 heteroatoms. The van der Waals surface area contributed by atoms with Gasteiger partial charge in [-0.3, -0.25) is 9.36 Å². The zero-order valence-corrected chi connectivity index (χ0v) is 14.6. The SMILES string of the molecule is Cl.Cl.NC[C@H]1CC[C@@H](C(=O)NCc2cccnc2-n2ccnc2)O1. The molecular formula is C15H21Cl2N5O2. The lowest BCUT2D eigenvalue weighted by atomic mass is 10.2. The van der Waals surface area contributed by atoms with Crippen LogP contribution in [0.4, 0.5) is 0 Å². The van der Waals surface area contributed by atoms with Crippen molar-refractivity contribution >= 4 is 30.7 Å². The minimum Gasteiger partial charge on any atom is -0.364 e. The van der Waals surface area contributed by atoms with Crippen molar-refractivity contribution < 1.29 is 9.53 Å². The summed E-state index contributed by atoms with van der Waals surface area (Å²) in [5.74, 6) is 0.656. The molecule has 0 unspecified atom stereocenters. The van der Waals surface area contributed by atoms with Crippen molar-refractivity contribution in [3.05, 3.63) is 42.6 Å². The summed E-state index contributed by atoms with van der Waals surface area (Å²) in [4.78, 5) is 20.5. The van der Waals surface area contributed by atoms with E-state index < -0.39 is 6.10 Å². The van der Waals surface area contributed by atoms with Gasteiger partial charge in [0.15, 0.2) is 0 Å². The summed E-state index contributed by atoms with van der Waals surface area (Å²) < 4.78 is 7.41. The fourth-order valence-electron chi connectivity index (χ4n) is 2.55. The molecule has 3 rings (SSSR count). The summed E-state index contributed by atoms with van der Waals surface area (Å²) in [6.45, 7) is 0.852. The molecule has 0 spiro atoms. The molecule has 0 saturated carbocycles. The Morgan fingerprint density at radius 3 is 2.88 bits per heavy atom. The van der Waals surface area contributed by atoms with Crippen LogP contribution in [0.15, 0.2) is 37.1 Å². The maximum Gasteiger partial charge on any atom is 0.249 e. The van der Waals surface area contributed by atoms with E-state index in [2.05, 4.69) is 15.3 Å². The third-order valence-corrected chi connectivity index (χ3v) is 3.73. The summed E-state index contributed by atoms with van der Waals surface area (Å²) in [6.07, 6.45) is 8.05. The zero-order chi connectivity index (χ0) is 15.4. The highest BCUT2D eigenvalue weighted by atomic mass is 35.5. The van der Waals surface area contributed by atoms with Gasteiger partial charge in [0.25, 0.3) is 0 Å². The van der Waals surface area contributed by atoms with Crippen LogP contribution in [0.5, 0.6) is 0 Å². The van der Waals surface area contributed by atoms with Crippen LogP contribution >= 0.6 is 24.8 Å². The molecule has 2 atom stereocenters. The first-order valence-corrected chi connectivity index (χ1v) is 7.33. The molecule has 0 aliphatic carbocycles. The Balaban J connectivity index is 0.00000144. The van der Waals surface area contributed by atoms with Gasteiger partial charge in [-0.05, 0) is 18.9 Å². The summed E-state index contributed by atoms with van der Waals surface area (Å²) in [6, 6.07) is 3.78. The van der Waals surface area contributed by atoms with Crippen molar-refractivity contribution in [2.75, 3.05) is 6.54 Å². The number of ether oxygens (including phenoxy) is 1. The highest BCUT2D eigenvalue weighted by Crippen LogP contribution is 2.19. The molecule has 1 aliphatic rings. The van der Waals surface area contributed by atoms with Crippen LogP contribution in [0.2, 0.25) is 0 Å². The van der Waals surface area contributed by atoms with Gasteiger partial charge in [0, 0.05) is 37.2 Å². The number of carbonyl (C=O) groups is 1. The van der Waals surface area contributed by atoms with Crippen LogP contribution in [0.1, 0.15) is 18.4 Å². The number of aromatic nitrogens is 3. The Hall–Kier alpha value is -1.67. The topological polar surface area (TPSA) is 95.1 Å².